The first-order valence-electron chi connectivity index (χ1n) is 4.87. The number of amides is 1. The van der Waals surface area contributed by atoms with Crippen LogP contribution in [0.25, 0.3) is 0 Å². The van der Waals surface area contributed by atoms with Gasteiger partial charge in [0.2, 0.25) is 0 Å². The van der Waals surface area contributed by atoms with E-state index in [0.29, 0.717) is 19.5 Å². The van der Waals surface area contributed by atoms with Gasteiger partial charge >= 0.3 is 12.1 Å². The zero-order valence-corrected chi connectivity index (χ0v) is 8.77. The fourth-order valence-corrected chi connectivity index (χ4v) is 1.82. The summed E-state index contributed by atoms with van der Waals surface area (Å²) in [6, 6.07) is -0.365. The highest BCUT2D eigenvalue weighted by molar-refractivity contribution is 5.81. The third-order valence-electron chi connectivity index (χ3n) is 2.68. The van der Waals surface area contributed by atoms with Crippen LogP contribution < -0.4 is 5.32 Å². The van der Waals surface area contributed by atoms with E-state index in [-0.39, 0.29) is 12.0 Å². The van der Waals surface area contributed by atoms with Crippen LogP contribution in [0.4, 0.5) is 13.2 Å². The Balaban J connectivity index is 2.49. The van der Waals surface area contributed by atoms with Crippen molar-refractivity contribution in [3.05, 3.63) is 0 Å². The molecular formula is C9H15F3N2O. The maximum atomic E-state index is 12.0. The molecule has 15 heavy (non-hydrogen) atoms. The number of piperidine rings is 1. The lowest BCUT2D eigenvalue weighted by atomic mass is 9.94. The fraction of sp³-hybridized carbons (Fsp3) is 0.889. The van der Waals surface area contributed by atoms with E-state index in [9.17, 15) is 18.0 Å². The van der Waals surface area contributed by atoms with Crippen molar-refractivity contribution in [3.8, 4) is 0 Å². The molecule has 1 heterocycles. The van der Waals surface area contributed by atoms with Crippen molar-refractivity contribution in [1.82, 2.24) is 10.2 Å². The lowest BCUT2D eigenvalue weighted by molar-refractivity contribution is -0.175. The van der Waals surface area contributed by atoms with E-state index in [1.807, 2.05) is 24.2 Å². The van der Waals surface area contributed by atoms with Crippen LogP contribution in [-0.2, 0) is 4.79 Å². The number of hydrogen-bond acceptors (Lipinski definition) is 2. The first-order valence-corrected chi connectivity index (χ1v) is 4.87. The number of alkyl halides is 3. The van der Waals surface area contributed by atoms with Gasteiger partial charge in [-0.15, -0.1) is 0 Å². The van der Waals surface area contributed by atoms with Gasteiger partial charge in [-0.25, -0.2) is 0 Å². The number of carbonyl (C=O) groups is 1. The van der Waals surface area contributed by atoms with Crippen LogP contribution in [0.1, 0.15) is 13.3 Å². The molecule has 0 bridgehead atoms. The smallest absolute Gasteiger partial charge is 0.345 e. The third-order valence-corrected chi connectivity index (χ3v) is 2.68. The Bertz CT molecular complexity index is 242. The SMILES string of the molecule is C[C@H]1CN(C)CC[C@@H]1NC(=O)C(F)(F)F. The molecule has 1 rings (SSSR count). The van der Waals surface area contributed by atoms with Crippen molar-refractivity contribution in [2.75, 3.05) is 20.1 Å². The van der Waals surface area contributed by atoms with Crippen molar-refractivity contribution in [1.29, 1.82) is 0 Å². The van der Waals surface area contributed by atoms with Crippen molar-refractivity contribution >= 4 is 5.91 Å². The van der Waals surface area contributed by atoms with E-state index in [2.05, 4.69) is 0 Å². The predicted octanol–water partition coefficient (Wildman–Crippen LogP) is 1.01. The number of nitrogens with zero attached hydrogens (tertiary/aromatic N) is 1. The number of hydrogen-bond donors (Lipinski definition) is 1. The molecule has 1 aliphatic heterocycles. The summed E-state index contributed by atoms with van der Waals surface area (Å²) in [7, 11) is 1.91. The number of likely N-dealkylation sites (tertiary alicyclic amines) is 1. The molecule has 0 saturated carbocycles. The molecule has 0 aromatic heterocycles. The summed E-state index contributed by atoms with van der Waals surface area (Å²) < 4.78 is 36.0. The molecule has 6 heteroatoms. The minimum atomic E-state index is -4.77. The molecule has 0 unspecified atom stereocenters. The van der Waals surface area contributed by atoms with Crippen LogP contribution in [0.15, 0.2) is 0 Å². The molecule has 1 N–H and O–H groups in total. The largest absolute Gasteiger partial charge is 0.471 e. The predicted molar refractivity (Wildman–Crippen MR) is 49.3 cm³/mol. The van der Waals surface area contributed by atoms with E-state index in [1.54, 1.807) is 0 Å². The van der Waals surface area contributed by atoms with E-state index < -0.39 is 12.1 Å². The van der Waals surface area contributed by atoms with Crippen LogP contribution in [0.5, 0.6) is 0 Å². The summed E-state index contributed by atoms with van der Waals surface area (Å²) in [6.07, 6.45) is -4.21. The molecule has 0 aromatic carbocycles. The van der Waals surface area contributed by atoms with E-state index in [4.69, 9.17) is 0 Å². The van der Waals surface area contributed by atoms with Gasteiger partial charge in [-0.1, -0.05) is 6.92 Å². The van der Waals surface area contributed by atoms with Gasteiger partial charge in [0.25, 0.3) is 0 Å². The molecule has 3 nitrogen and oxygen atoms in total. The summed E-state index contributed by atoms with van der Waals surface area (Å²) in [5, 5.41) is 2.04. The maximum Gasteiger partial charge on any atom is 0.471 e. The Labute approximate surface area is 86.6 Å². The third kappa shape index (κ3) is 3.37. The number of halogens is 3. The fourth-order valence-electron chi connectivity index (χ4n) is 1.82. The second-order valence-corrected chi connectivity index (χ2v) is 4.11. The van der Waals surface area contributed by atoms with Gasteiger partial charge in [0.1, 0.15) is 0 Å². The first kappa shape index (κ1) is 12.3. The summed E-state index contributed by atoms with van der Waals surface area (Å²) in [5.74, 6) is -1.78. The quantitative estimate of drug-likeness (QED) is 0.720. The zero-order chi connectivity index (χ0) is 11.6. The van der Waals surface area contributed by atoms with Gasteiger partial charge in [0.15, 0.2) is 0 Å². The molecule has 2 atom stereocenters. The summed E-state index contributed by atoms with van der Waals surface area (Å²) in [6.45, 7) is 3.27. The zero-order valence-electron chi connectivity index (χ0n) is 8.77. The molecule has 1 saturated heterocycles. The molecule has 1 aliphatic rings. The van der Waals surface area contributed by atoms with Crippen LogP contribution >= 0.6 is 0 Å². The molecule has 88 valence electrons. The Morgan fingerprint density at radius 3 is 2.53 bits per heavy atom. The van der Waals surface area contributed by atoms with Crippen molar-refractivity contribution in [2.45, 2.75) is 25.6 Å². The number of carbonyl (C=O) groups excluding carboxylic acids is 1. The Morgan fingerprint density at radius 2 is 2.07 bits per heavy atom. The van der Waals surface area contributed by atoms with Crippen LogP contribution in [0.3, 0.4) is 0 Å². The average Bonchev–Trinajstić information content (AvgIpc) is 2.08. The minimum absolute atomic E-state index is 0.0510. The number of nitrogens with one attached hydrogen (secondary N) is 1. The van der Waals surface area contributed by atoms with Gasteiger partial charge in [0, 0.05) is 12.6 Å². The first-order chi connectivity index (χ1) is 6.80. The van der Waals surface area contributed by atoms with Crippen molar-refractivity contribution < 1.29 is 18.0 Å². The lowest BCUT2D eigenvalue weighted by Crippen LogP contribution is -2.51. The van der Waals surface area contributed by atoms with Crippen LogP contribution in [0.2, 0.25) is 0 Å². The van der Waals surface area contributed by atoms with Gasteiger partial charge in [-0.3, -0.25) is 4.79 Å². The maximum absolute atomic E-state index is 12.0. The second kappa shape index (κ2) is 4.38. The van der Waals surface area contributed by atoms with Crippen LogP contribution in [-0.4, -0.2) is 43.2 Å². The van der Waals surface area contributed by atoms with Crippen molar-refractivity contribution in [3.63, 3.8) is 0 Å². The molecule has 0 aliphatic carbocycles. The standard InChI is InChI=1S/C9H15F3N2O/c1-6-5-14(2)4-3-7(6)13-8(15)9(10,11)12/h6-7H,3-5H2,1-2H3,(H,13,15)/t6-,7-/m0/s1. The minimum Gasteiger partial charge on any atom is -0.345 e. The van der Waals surface area contributed by atoms with Gasteiger partial charge < -0.3 is 10.2 Å². The van der Waals surface area contributed by atoms with E-state index in [0.717, 1.165) is 0 Å². The normalized spacial score (nSPS) is 28.9. The van der Waals surface area contributed by atoms with Crippen molar-refractivity contribution in [2.24, 2.45) is 5.92 Å². The summed E-state index contributed by atoms with van der Waals surface area (Å²) in [4.78, 5) is 12.8. The molecule has 1 amide bonds. The highest BCUT2D eigenvalue weighted by atomic mass is 19.4. The second-order valence-electron chi connectivity index (χ2n) is 4.11. The lowest BCUT2D eigenvalue weighted by Gasteiger charge is -2.35. The Hall–Kier alpha value is -0.780. The highest BCUT2D eigenvalue weighted by Crippen LogP contribution is 2.19. The van der Waals surface area contributed by atoms with Gasteiger partial charge in [-0.05, 0) is 25.9 Å². The van der Waals surface area contributed by atoms with Gasteiger partial charge in [0.05, 0.1) is 0 Å². The number of rotatable bonds is 1. The molecular weight excluding hydrogens is 209 g/mol. The average molecular weight is 224 g/mol. The highest BCUT2D eigenvalue weighted by Gasteiger charge is 2.40. The van der Waals surface area contributed by atoms with Crippen LogP contribution in [0, 0.1) is 5.92 Å². The van der Waals surface area contributed by atoms with E-state index in [1.165, 1.54) is 0 Å². The Kier molecular flexibility index (Phi) is 3.59. The van der Waals surface area contributed by atoms with Gasteiger partial charge in [-0.2, -0.15) is 13.2 Å². The van der Waals surface area contributed by atoms with E-state index >= 15 is 0 Å². The topological polar surface area (TPSA) is 32.3 Å². The molecule has 1 fully saturated rings. The molecule has 0 radical (unpaired) electrons. The summed E-state index contributed by atoms with van der Waals surface area (Å²) in [5.41, 5.74) is 0. The molecule has 0 aromatic rings. The summed E-state index contributed by atoms with van der Waals surface area (Å²) >= 11 is 0. The monoisotopic (exact) mass is 224 g/mol. The molecule has 0 spiro atoms. The Morgan fingerprint density at radius 1 is 1.47 bits per heavy atom.